The standard InChI is InChI=1S/C22H15N9/c23-11-14-4-3-5-15(10-14)19-18(17-7-9-25-13-27-17)20-21(22(24)28-19)30-31(29-20)12-16-6-1-2-8-26-16/h1-10,13H,12H2,(H2,24,28). The van der Waals surface area contributed by atoms with Gasteiger partial charge in [-0.25, -0.2) is 15.0 Å². The number of fused-ring (bicyclic) bond motifs is 1. The molecule has 0 amide bonds. The molecule has 0 aliphatic carbocycles. The summed E-state index contributed by atoms with van der Waals surface area (Å²) in [6.07, 6.45) is 4.84. The molecule has 9 heteroatoms. The Morgan fingerprint density at radius 2 is 1.87 bits per heavy atom. The van der Waals surface area contributed by atoms with E-state index in [9.17, 15) is 5.26 Å². The molecular weight excluding hydrogens is 390 g/mol. The first-order valence-electron chi connectivity index (χ1n) is 9.44. The van der Waals surface area contributed by atoms with Crippen molar-refractivity contribution >= 4 is 16.9 Å². The van der Waals surface area contributed by atoms with Crippen LogP contribution in [0.4, 0.5) is 5.82 Å². The molecule has 0 aliphatic heterocycles. The highest BCUT2D eigenvalue weighted by molar-refractivity contribution is 6.01. The summed E-state index contributed by atoms with van der Waals surface area (Å²) in [5.74, 6) is 0.248. The number of nitrogens with zero attached hydrogens (tertiary/aromatic N) is 8. The second-order valence-electron chi connectivity index (χ2n) is 6.76. The Morgan fingerprint density at radius 3 is 2.65 bits per heavy atom. The van der Waals surface area contributed by atoms with Crippen LogP contribution in [0, 0.1) is 11.3 Å². The van der Waals surface area contributed by atoms with Gasteiger partial charge in [0.25, 0.3) is 0 Å². The SMILES string of the molecule is N#Cc1cccc(-c2nc(N)c3nn(Cc4ccccn4)nc3c2-c2ccncn2)c1. The third-order valence-corrected chi connectivity index (χ3v) is 4.74. The van der Waals surface area contributed by atoms with Gasteiger partial charge in [-0.2, -0.15) is 15.2 Å². The van der Waals surface area contributed by atoms with E-state index < -0.39 is 0 Å². The summed E-state index contributed by atoms with van der Waals surface area (Å²) >= 11 is 0. The molecule has 0 fully saturated rings. The minimum atomic E-state index is 0.248. The van der Waals surface area contributed by atoms with Crippen molar-refractivity contribution in [3.8, 4) is 28.6 Å². The Kier molecular flexibility index (Phi) is 4.50. The molecule has 1 aromatic carbocycles. The van der Waals surface area contributed by atoms with Gasteiger partial charge in [0.2, 0.25) is 0 Å². The van der Waals surface area contributed by atoms with E-state index in [-0.39, 0.29) is 5.82 Å². The van der Waals surface area contributed by atoms with E-state index in [0.717, 1.165) is 11.3 Å². The van der Waals surface area contributed by atoms with Gasteiger partial charge in [-0.05, 0) is 30.3 Å². The van der Waals surface area contributed by atoms with Gasteiger partial charge in [0.05, 0.1) is 34.3 Å². The molecule has 4 heterocycles. The van der Waals surface area contributed by atoms with E-state index in [0.29, 0.717) is 40.1 Å². The first-order valence-corrected chi connectivity index (χ1v) is 9.44. The van der Waals surface area contributed by atoms with Crippen molar-refractivity contribution in [2.75, 3.05) is 5.73 Å². The molecular formula is C22H15N9. The summed E-state index contributed by atoms with van der Waals surface area (Å²) in [5, 5.41) is 18.6. The van der Waals surface area contributed by atoms with Crippen LogP contribution in [-0.4, -0.2) is 34.9 Å². The zero-order valence-corrected chi connectivity index (χ0v) is 16.2. The lowest BCUT2D eigenvalue weighted by Crippen LogP contribution is -2.05. The second kappa shape index (κ2) is 7.61. The lowest BCUT2D eigenvalue weighted by Gasteiger charge is -2.10. The fraction of sp³-hybridized carbons (Fsp3) is 0.0455. The first kappa shape index (κ1) is 18.3. The van der Waals surface area contributed by atoms with Crippen molar-refractivity contribution < 1.29 is 0 Å². The van der Waals surface area contributed by atoms with Crippen molar-refractivity contribution in [3.05, 3.63) is 78.5 Å². The van der Waals surface area contributed by atoms with E-state index in [1.807, 2.05) is 24.3 Å². The summed E-state index contributed by atoms with van der Waals surface area (Å²) in [7, 11) is 0. The van der Waals surface area contributed by atoms with Gasteiger partial charge < -0.3 is 5.73 Å². The number of aromatic nitrogens is 7. The maximum atomic E-state index is 9.32. The summed E-state index contributed by atoms with van der Waals surface area (Å²) in [5.41, 5.74) is 11.3. The van der Waals surface area contributed by atoms with E-state index in [2.05, 4.69) is 31.1 Å². The number of anilines is 1. The van der Waals surface area contributed by atoms with Crippen molar-refractivity contribution in [1.29, 1.82) is 5.26 Å². The van der Waals surface area contributed by atoms with E-state index >= 15 is 0 Å². The average Bonchev–Trinajstić information content (AvgIpc) is 3.24. The molecule has 0 aliphatic rings. The van der Waals surface area contributed by atoms with Crippen molar-refractivity contribution in [2.24, 2.45) is 0 Å². The van der Waals surface area contributed by atoms with E-state index in [1.54, 1.807) is 41.5 Å². The maximum absolute atomic E-state index is 9.32. The Labute approximate surface area is 176 Å². The van der Waals surface area contributed by atoms with Gasteiger partial charge in [-0.1, -0.05) is 18.2 Å². The minimum Gasteiger partial charge on any atom is -0.382 e. The number of hydrogen-bond donors (Lipinski definition) is 1. The Bertz CT molecular complexity index is 1420. The van der Waals surface area contributed by atoms with Crippen molar-refractivity contribution in [2.45, 2.75) is 6.54 Å². The molecule has 4 aromatic heterocycles. The number of nitriles is 1. The molecule has 0 unspecified atom stereocenters. The predicted molar refractivity (Wildman–Crippen MR) is 114 cm³/mol. The van der Waals surface area contributed by atoms with Crippen LogP contribution in [0.2, 0.25) is 0 Å². The highest BCUT2D eigenvalue weighted by Crippen LogP contribution is 2.36. The topological polar surface area (TPSA) is 132 Å². The van der Waals surface area contributed by atoms with Crippen LogP contribution < -0.4 is 5.73 Å². The van der Waals surface area contributed by atoms with Crippen LogP contribution in [0.5, 0.6) is 0 Å². The molecule has 0 atom stereocenters. The number of benzene rings is 1. The third kappa shape index (κ3) is 3.42. The highest BCUT2D eigenvalue weighted by Gasteiger charge is 2.21. The summed E-state index contributed by atoms with van der Waals surface area (Å²) < 4.78 is 0. The fourth-order valence-electron chi connectivity index (χ4n) is 3.36. The van der Waals surface area contributed by atoms with Gasteiger partial charge in [0, 0.05) is 18.0 Å². The summed E-state index contributed by atoms with van der Waals surface area (Å²) in [4.78, 5) is 18.9. The zero-order valence-electron chi connectivity index (χ0n) is 16.2. The van der Waals surface area contributed by atoms with Gasteiger partial charge in [-0.3, -0.25) is 4.98 Å². The lowest BCUT2D eigenvalue weighted by atomic mass is 10.00. The molecule has 9 nitrogen and oxygen atoms in total. The van der Waals surface area contributed by atoms with Crippen LogP contribution in [0.15, 0.2) is 67.3 Å². The molecule has 148 valence electrons. The van der Waals surface area contributed by atoms with Gasteiger partial charge in [-0.15, -0.1) is 5.10 Å². The molecule has 2 N–H and O–H groups in total. The second-order valence-corrected chi connectivity index (χ2v) is 6.76. The number of nitrogens with two attached hydrogens (primary N) is 1. The normalized spacial score (nSPS) is 10.8. The number of nitrogen functional groups attached to an aromatic ring is 1. The first-order chi connectivity index (χ1) is 15.2. The lowest BCUT2D eigenvalue weighted by molar-refractivity contribution is 0.591. The maximum Gasteiger partial charge on any atom is 0.156 e. The summed E-state index contributed by atoms with van der Waals surface area (Å²) in [6, 6.07) is 16.8. The smallest absolute Gasteiger partial charge is 0.156 e. The molecule has 0 saturated carbocycles. The molecule has 5 aromatic rings. The highest BCUT2D eigenvalue weighted by atomic mass is 15.5. The molecule has 0 spiro atoms. The van der Waals surface area contributed by atoms with E-state index in [4.69, 9.17) is 10.8 Å². The van der Waals surface area contributed by atoms with Crippen LogP contribution in [0.1, 0.15) is 11.3 Å². The van der Waals surface area contributed by atoms with Gasteiger partial charge in [0.15, 0.2) is 11.3 Å². The molecule has 0 saturated heterocycles. The van der Waals surface area contributed by atoms with Crippen LogP contribution >= 0.6 is 0 Å². The van der Waals surface area contributed by atoms with Crippen LogP contribution in [0.3, 0.4) is 0 Å². The number of hydrogen-bond acceptors (Lipinski definition) is 8. The number of rotatable bonds is 4. The average molecular weight is 405 g/mol. The zero-order chi connectivity index (χ0) is 21.2. The Morgan fingerprint density at radius 1 is 0.968 bits per heavy atom. The van der Waals surface area contributed by atoms with E-state index in [1.165, 1.54) is 6.33 Å². The molecule has 31 heavy (non-hydrogen) atoms. The molecule has 5 rings (SSSR count). The van der Waals surface area contributed by atoms with Gasteiger partial charge in [0.1, 0.15) is 18.4 Å². The van der Waals surface area contributed by atoms with Crippen LogP contribution in [-0.2, 0) is 6.54 Å². The quantitative estimate of drug-likeness (QED) is 0.483. The minimum absolute atomic E-state index is 0.248. The van der Waals surface area contributed by atoms with Crippen molar-refractivity contribution in [1.82, 2.24) is 34.9 Å². The third-order valence-electron chi connectivity index (χ3n) is 4.74. The van der Waals surface area contributed by atoms with Gasteiger partial charge >= 0.3 is 0 Å². The summed E-state index contributed by atoms with van der Waals surface area (Å²) in [6.45, 7) is 0.386. The predicted octanol–water partition coefficient (Wildman–Crippen LogP) is 2.85. The largest absolute Gasteiger partial charge is 0.382 e. The molecule has 0 radical (unpaired) electrons. The Balaban J connectivity index is 1.76. The number of pyridine rings is 2. The van der Waals surface area contributed by atoms with Crippen LogP contribution in [0.25, 0.3) is 33.5 Å². The monoisotopic (exact) mass is 405 g/mol. The molecule has 0 bridgehead atoms. The Hall–Kier alpha value is -4.71. The van der Waals surface area contributed by atoms with Crippen molar-refractivity contribution in [3.63, 3.8) is 0 Å². The fourth-order valence-corrected chi connectivity index (χ4v) is 3.36.